The zero-order valence-corrected chi connectivity index (χ0v) is 25.4. The molecular formula is C31H33ClF2N8O3. The number of ether oxygens (including phenoxy) is 2. The van der Waals surface area contributed by atoms with Gasteiger partial charge in [-0.2, -0.15) is 15.1 Å². The van der Waals surface area contributed by atoms with Gasteiger partial charge in [0.05, 0.1) is 29.2 Å². The molecule has 4 aromatic rings. The highest BCUT2D eigenvalue weighted by molar-refractivity contribution is 6.33. The zero-order valence-electron chi connectivity index (χ0n) is 24.6. The molecule has 5 aliphatic rings. The molecule has 8 heterocycles. The van der Waals surface area contributed by atoms with Gasteiger partial charge in [0.2, 0.25) is 0 Å². The monoisotopic (exact) mass is 638 g/mol. The second-order valence-electron chi connectivity index (χ2n) is 12.6. The minimum atomic E-state index is -0.906. The maximum Gasteiger partial charge on any atom is 0.407 e. The molecule has 0 unspecified atom stereocenters. The van der Waals surface area contributed by atoms with E-state index in [1.54, 1.807) is 18.5 Å². The molecule has 236 valence electrons. The van der Waals surface area contributed by atoms with Gasteiger partial charge in [-0.15, -0.1) is 0 Å². The van der Waals surface area contributed by atoms with E-state index in [4.69, 9.17) is 26.1 Å². The van der Waals surface area contributed by atoms with E-state index in [-0.39, 0.29) is 36.5 Å². The Morgan fingerprint density at radius 2 is 2.07 bits per heavy atom. The molecule has 3 aromatic heterocycles. The summed E-state index contributed by atoms with van der Waals surface area (Å²) in [6.45, 7) is 2.68. The van der Waals surface area contributed by atoms with Crippen molar-refractivity contribution in [3.8, 4) is 17.3 Å². The highest BCUT2D eigenvalue weighted by Crippen LogP contribution is 2.42. The SMILES string of the molecule is O=C1N[C@@H]2CCCN(C2)c2nc(OC[C@@]34CCCN3C[C@H](F)C4)nc3c(F)c(ncc23)-c2c(c(Cl)cc3[nH]ncc23)CCCO1. The van der Waals surface area contributed by atoms with Crippen LogP contribution in [0.5, 0.6) is 6.01 Å². The van der Waals surface area contributed by atoms with Crippen LogP contribution >= 0.6 is 11.6 Å². The van der Waals surface area contributed by atoms with E-state index in [1.807, 2.05) is 4.90 Å². The molecule has 0 saturated carbocycles. The molecule has 0 radical (unpaired) electrons. The second kappa shape index (κ2) is 11.2. The van der Waals surface area contributed by atoms with Crippen molar-refractivity contribution in [3.63, 3.8) is 0 Å². The van der Waals surface area contributed by atoms with Crippen molar-refractivity contribution < 1.29 is 23.0 Å². The van der Waals surface area contributed by atoms with Crippen LogP contribution in [0, 0.1) is 5.82 Å². The summed E-state index contributed by atoms with van der Waals surface area (Å²) in [6, 6.07) is 1.58. The Balaban J connectivity index is 1.29. The van der Waals surface area contributed by atoms with Gasteiger partial charge in [-0.25, -0.2) is 13.6 Å². The zero-order chi connectivity index (χ0) is 30.7. The van der Waals surface area contributed by atoms with Crippen molar-refractivity contribution >= 4 is 45.3 Å². The Morgan fingerprint density at radius 1 is 1.16 bits per heavy atom. The van der Waals surface area contributed by atoms with Crippen LogP contribution in [0.25, 0.3) is 33.1 Å². The Morgan fingerprint density at radius 3 is 2.98 bits per heavy atom. The topological polar surface area (TPSA) is 121 Å². The van der Waals surface area contributed by atoms with Crippen molar-refractivity contribution in [2.45, 2.75) is 62.7 Å². The number of nitrogens with zero attached hydrogens (tertiary/aromatic N) is 6. The molecule has 3 atom stereocenters. The molecule has 3 saturated heterocycles. The lowest BCUT2D eigenvalue weighted by Crippen LogP contribution is -2.48. The molecule has 1 amide bonds. The Kier molecular flexibility index (Phi) is 7.12. The fourth-order valence-corrected chi connectivity index (χ4v) is 7.97. The summed E-state index contributed by atoms with van der Waals surface area (Å²) in [4.78, 5) is 30.9. The quantitative estimate of drug-likeness (QED) is 0.321. The number of alkyl carbamates (subject to hydrolysis) is 1. The van der Waals surface area contributed by atoms with Crippen molar-refractivity contribution in [1.29, 1.82) is 0 Å². The largest absolute Gasteiger partial charge is 0.461 e. The van der Waals surface area contributed by atoms with E-state index in [1.165, 1.54) is 0 Å². The van der Waals surface area contributed by atoms with Gasteiger partial charge in [0.25, 0.3) is 0 Å². The van der Waals surface area contributed by atoms with Gasteiger partial charge in [0.1, 0.15) is 29.8 Å². The average Bonchev–Trinajstić information content (AvgIpc) is 3.72. The van der Waals surface area contributed by atoms with Crippen molar-refractivity contribution in [3.05, 3.63) is 34.9 Å². The number of hydrogen-bond donors (Lipinski definition) is 2. The molecule has 2 N–H and O–H groups in total. The van der Waals surface area contributed by atoms with Crippen LogP contribution in [0.15, 0.2) is 18.5 Å². The fourth-order valence-electron chi connectivity index (χ4n) is 7.67. The van der Waals surface area contributed by atoms with Crippen LogP contribution in [-0.2, 0) is 11.2 Å². The van der Waals surface area contributed by atoms with Crippen molar-refractivity contribution in [1.82, 2.24) is 35.4 Å². The fraction of sp³-hybridized carbons (Fsp3) is 0.516. The highest BCUT2D eigenvalue weighted by atomic mass is 35.5. The first kappa shape index (κ1) is 28.6. The molecule has 5 aliphatic heterocycles. The first-order chi connectivity index (χ1) is 21.9. The number of carbonyl (C=O) groups excluding carboxylic acids is 1. The van der Waals surface area contributed by atoms with Gasteiger partial charge in [-0.3, -0.25) is 15.0 Å². The summed E-state index contributed by atoms with van der Waals surface area (Å²) >= 11 is 6.76. The van der Waals surface area contributed by atoms with Crippen LogP contribution in [0.4, 0.5) is 19.4 Å². The van der Waals surface area contributed by atoms with Gasteiger partial charge >= 0.3 is 12.1 Å². The minimum Gasteiger partial charge on any atom is -0.461 e. The number of aromatic amines is 1. The third kappa shape index (κ3) is 5.00. The number of piperidine rings is 1. The van der Waals surface area contributed by atoms with Gasteiger partial charge in [-0.1, -0.05) is 11.6 Å². The summed E-state index contributed by atoms with van der Waals surface area (Å²) in [5.41, 5.74) is 1.54. The number of pyridine rings is 1. The van der Waals surface area contributed by atoms with Gasteiger partial charge in [0.15, 0.2) is 5.82 Å². The Bertz CT molecular complexity index is 1810. The number of halogens is 3. The van der Waals surface area contributed by atoms with E-state index in [2.05, 4.69) is 30.4 Å². The molecule has 45 heavy (non-hydrogen) atoms. The van der Waals surface area contributed by atoms with Gasteiger partial charge < -0.3 is 19.7 Å². The van der Waals surface area contributed by atoms with E-state index in [0.29, 0.717) is 77.2 Å². The summed E-state index contributed by atoms with van der Waals surface area (Å²) in [5.74, 6) is -0.155. The molecule has 0 spiro atoms. The van der Waals surface area contributed by atoms with E-state index >= 15 is 4.39 Å². The number of benzene rings is 1. The third-order valence-electron chi connectivity index (χ3n) is 9.76. The summed E-state index contributed by atoms with van der Waals surface area (Å²) in [7, 11) is 0. The lowest BCUT2D eigenvalue weighted by atomic mass is 9.95. The van der Waals surface area contributed by atoms with E-state index < -0.39 is 23.6 Å². The number of rotatable bonds is 3. The maximum atomic E-state index is 16.9. The van der Waals surface area contributed by atoms with Crippen LogP contribution in [0.1, 0.15) is 44.1 Å². The Labute approximate surface area is 262 Å². The maximum absolute atomic E-state index is 16.9. The Hall–Kier alpha value is -3.84. The number of fused-ring (bicyclic) bond motifs is 8. The molecule has 9 rings (SSSR count). The third-order valence-corrected chi connectivity index (χ3v) is 10.1. The lowest BCUT2D eigenvalue weighted by Gasteiger charge is -2.34. The van der Waals surface area contributed by atoms with E-state index in [9.17, 15) is 9.18 Å². The molecule has 0 aliphatic carbocycles. The number of amides is 1. The second-order valence-corrected chi connectivity index (χ2v) is 13.0. The summed E-state index contributed by atoms with van der Waals surface area (Å²) in [6.07, 6.45) is 6.45. The molecule has 1 aromatic carbocycles. The van der Waals surface area contributed by atoms with Crippen LogP contribution in [0.2, 0.25) is 5.02 Å². The summed E-state index contributed by atoms with van der Waals surface area (Å²) in [5, 5.41) is 11.6. The summed E-state index contributed by atoms with van der Waals surface area (Å²) < 4.78 is 43.2. The number of alkyl halides is 1. The molecule has 11 nitrogen and oxygen atoms in total. The normalized spacial score (nSPS) is 25.5. The molecular weight excluding hydrogens is 606 g/mol. The average molecular weight is 639 g/mol. The minimum absolute atomic E-state index is 0.0208. The number of carbonyl (C=O) groups is 1. The van der Waals surface area contributed by atoms with Crippen molar-refractivity contribution in [2.24, 2.45) is 0 Å². The van der Waals surface area contributed by atoms with Gasteiger partial charge in [-0.05, 0) is 56.7 Å². The number of aromatic nitrogens is 5. The molecule has 6 bridgehead atoms. The number of anilines is 1. The number of hydrogen-bond acceptors (Lipinski definition) is 9. The standard InChI is InChI=1S/C31H33ClF2N8O3/c32-22-10-23-20(13-36-40-23)24-19(22)5-2-9-44-30(43)37-18-4-1-7-41(15-18)28-21-12-35-27(24)25(34)26(21)38-29(39-28)45-16-31-6-3-8-42(31)14-17(33)11-31/h10,12-13,17-18H,1-9,11,14-16H2,(H,36,40)(H,37,43)/t17-,18-,31+/m1/s1. The van der Waals surface area contributed by atoms with Crippen LogP contribution < -0.4 is 15.0 Å². The first-order valence-corrected chi connectivity index (χ1v) is 16.0. The molecule has 3 fully saturated rings. The number of H-pyrrole nitrogens is 1. The van der Waals surface area contributed by atoms with Crippen LogP contribution in [-0.4, -0.2) is 93.3 Å². The number of nitrogens with one attached hydrogen (secondary N) is 2. The highest BCUT2D eigenvalue weighted by Gasteiger charge is 2.49. The van der Waals surface area contributed by atoms with Crippen molar-refractivity contribution in [2.75, 3.05) is 44.3 Å². The van der Waals surface area contributed by atoms with Crippen LogP contribution in [0.3, 0.4) is 0 Å². The predicted molar refractivity (Wildman–Crippen MR) is 164 cm³/mol. The predicted octanol–water partition coefficient (Wildman–Crippen LogP) is 4.96. The van der Waals surface area contributed by atoms with Gasteiger partial charge in [0, 0.05) is 54.3 Å². The lowest BCUT2D eigenvalue weighted by molar-refractivity contribution is 0.107. The smallest absolute Gasteiger partial charge is 0.407 e. The first-order valence-electron chi connectivity index (χ1n) is 15.6. The van der Waals surface area contributed by atoms with E-state index in [0.717, 1.165) is 32.2 Å². The molecule has 14 heteroatoms.